The van der Waals surface area contributed by atoms with E-state index in [1.807, 2.05) is 42.5 Å². The van der Waals surface area contributed by atoms with Crippen molar-refractivity contribution in [1.82, 2.24) is 0 Å². The molecular weight excluding hydrogens is 224 g/mol. The van der Waals surface area contributed by atoms with Crippen LogP contribution in [-0.4, -0.2) is 11.7 Å². The molecule has 0 saturated heterocycles. The van der Waals surface area contributed by atoms with Gasteiger partial charge >= 0.3 is 0 Å². The maximum Gasteiger partial charge on any atom is 0.0717 e. The summed E-state index contributed by atoms with van der Waals surface area (Å²) in [5, 5.41) is 8.94. The van der Waals surface area contributed by atoms with Crippen LogP contribution in [0.2, 0.25) is 0 Å². The zero-order valence-electron chi connectivity index (χ0n) is 10.4. The molecule has 0 bridgehead atoms. The minimum absolute atomic E-state index is 0.102. The van der Waals surface area contributed by atoms with Crippen LogP contribution < -0.4 is 0 Å². The average Bonchev–Trinajstić information content (AvgIpc) is 2.45. The maximum absolute atomic E-state index is 8.94. The fourth-order valence-electron chi connectivity index (χ4n) is 1.77. The quantitative estimate of drug-likeness (QED) is 0.789. The standard InChI is InChI=1S/C16H18O2/c17-12-15-8-6-14(7-9-15)10-11-18-13-16-4-2-1-3-5-16/h1-9,17H,10-13H2. The van der Waals surface area contributed by atoms with Gasteiger partial charge in [0.05, 0.1) is 19.8 Å². The topological polar surface area (TPSA) is 29.5 Å². The highest BCUT2D eigenvalue weighted by Gasteiger charge is 1.95. The molecule has 2 nitrogen and oxygen atoms in total. The van der Waals surface area contributed by atoms with Gasteiger partial charge in [0.2, 0.25) is 0 Å². The fraction of sp³-hybridized carbons (Fsp3) is 0.250. The van der Waals surface area contributed by atoms with Crippen molar-refractivity contribution >= 4 is 0 Å². The lowest BCUT2D eigenvalue weighted by atomic mass is 10.1. The number of benzene rings is 2. The third-order valence-corrected chi connectivity index (χ3v) is 2.85. The van der Waals surface area contributed by atoms with Crippen LogP contribution in [0.3, 0.4) is 0 Å². The van der Waals surface area contributed by atoms with Crippen LogP contribution in [0.5, 0.6) is 0 Å². The van der Waals surface area contributed by atoms with E-state index in [0.717, 1.165) is 12.0 Å². The van der Waals surface area contributed by atoms with E-state index in [9.17, 15) is 0 Å². The lowest BCUT2D eigenvalue weighted by Crippen LogP contribution is -1.99. The molecule has 0 unspecified atom stereocenters. The molecule has 0 aliphatic heterocycles. The molecule has 0 aromatic heterocycles. The smallest absolute Gasteiger partial charge is 0.0717 e. The third kappa shape index (κ3) is 3.99. The molecule has 2 aromatic rings. The molecule has 2 aromatic carbocycles. The minimum atomic E-state index is 0.102. The van der Waals surface area contributed by atoms with Gasteiger partial charge in [-0.2, -0.15) is 0 Å². The summed E-state index contributed by atoms with van der Waals surface area (Å²) in [5.74, 6) is 0. The summed E-state index contributed by atoms with van der Waals surface area (Å²) in [6.07, 6.45) is 0.901. The van der Waals surface area contributed by atoms with Gasteiger partial charge in [0.15, 0.2) is 0 Å². The highest BCUT2D eigenvalue weighted by molar-refractivity contribution is 5.22. The Morgan fingerprint density at radius 1 is 0.778 bits per heavy atom. The van der Waals surface area contributed by atoms with Gasteiger partial charge in [-0.3, -0.25) is 0 Å². The Morgan fingerprint density at radius 2 is 1.44 bits per heavy atom. The Hall–Kier alpha value is -1.64. The first-order valence-corrected chi connectivity index (χ1v) is 6.19. The molecule has 0 aliphatic carbocycles. The van der Waals surface area contributed by atoms with Crippen LogP contribution in [0.4, 0.5) is 0 Å². The molecule has 0 fully saturated rings. The fourth-order valence-corrected chi connectivity index (χ4v) is 1.77. The monoisotopic (exact) mass is 242 g/mol. The number of aliphatic hydroxyl groups excluding tert-OH is 1. The largest absolute Gasteiger partial charge is 0.392 e. The summed E-state index contributed by atoms with van der Waals surface area (Å²) >= 11 is 0. The van der Waals surface area contributed by atoms with Crippen molar-refractivity contribution < 1.29 is 9.84 Å². The highest BCUT2D eigenvalue weighted by Crippen LogP contribution is 2.06. The Kier molecular flexibility index (Phi) is 4.94. The molecule has 0 atom stereocenters. The van der Waals surface area contributed by atoms with Crippen molar-refractivity contribution in [1.29, 1.82) is 0 Å². The molecule has 2 heteroatoms. The van der Waals surface area contributed by atoms with Crippen molar-refractivity contribution in [3.05, 3.63) is 71.3 Å². The van der Waals surface area contributed by atoms with Gasteiger partial charge in [0.25, 0.3) is 0 Å². The van der Waals surface area contributed by atoms with E-state index in [4.69, 9.17) is 9.84 Å². The predicted octanol–water partition coefficient (Wildman–Crippen LogP) is 2.94. The number of aliphatic hydroxyl groups is 1. The van der Waals surface area contributed by atoms with Crippen molar-refractivity contribution in [2.24, 2.45) is 0 Å². The second-order valence-corrected chi connectivity index (χ2v) is 4.26. The van der Waals surface area contributed by atoms with E-state index in [0.29, 0.717) is 13.2 Å². The summed E-state index contributed by atoms with van der Waals surface area (Å²) in [6.45, 7) is 1.48. The van der Waals surface area contributed by atoms with Gasteiger partial charge < -0.3 is 9.84 Å². The van der Waals surface area contributed by atoms with Crippen molar-refractivity contribution in [2.75, 3.05) is 6.61 Å². The molecule has 0 radical (unpaired) electrons. The third-order valence-electron chi connectivity index (χ3n) is 2.85. The molecule has 0 aliphatic rings. The number of hydrogen-bond donors (Lipinski definition) is 1. The maximum atomic E-state index is 8.94. The van der Waals surface area contributed by atoms with Gasteiger partial charge in [-0.15, -0.1) is 0 Å². The Labute approximate surface area is 108 Å². The van der Waals surface area contributed by atoms with E-state index in [1.165, 1.54) is 11.1 Å². The molecule has 0 spiro atoms. The van der Waals surface area contributed by atoms with Crippen molar-refractivity contribution in [3.63, 3.8) is 0 Å². The highest BCUT2D eigenvalue weighted by atomic mass is 16.5. The molecule has 2 rings (SSSR count). The first kappa shape index (κ1) is 12.8. The van der Waals surface area contributed by atoms with E-state index in [-0.39, 0.29) is 6.61 Å². The summed E-state index contributed by atoms with van der Waals surface area (Å²) in [7, 11) is 0. The second kappa shape index (κ2) is 6.94. The van der Waals surface area contributed by atoms with Crippen LogP contribution in [0.15, 0.2) is 54.6 Å². The van der Waals surface area contributed by atoms with Gasteiger partial charge in [-0.25, -0.2) is 0 Å². The van der Waals surface area contributed by atoms with Gasteiger partial charge in [0.1, 0.15) is 0 Å². The van der Waals surface area contributed by atoms with Gasteiger partial charge in [0, 0.05) is 0 Å². The van der Waals surface area contributed by atoms with Crippen molar-refractivity contribution in [2.45, 2.75) is 19.6 Å². The van der Waals surface area contributed by atoms with Crippen LogP contribution in [0.25, 0.3) is 0 Å². The SMILES string of the molecule is OCc1ccc(CCOCc2ccccc2)cc1. The van der Waals surface area contributed by atoms with E-state index >= 15 is 0 Å². The number of rotatable bonds is 6. The normalized spacial score (nSPS) is 10.5. The average molecular weight is 242 g/mol. The molecule has 94 valence electrons. The van der Waals surface area contributed by atoms with Crippen LogP contribution in [-0.2, 0) is 24.4 Å². The molecule has 0 heterocycles. The van der Waals surface area contributed by atoms with Crippen LogP contribution in [0, 0.1) is 0 Å². The Balaban J connectivity index is 1.72. The van der Waals surface area contributed by atoms with E-state index < -0.39 is 0 Å². The van der Waals surface area contributed by atoms with Crippen LogP contribution >= 0.6 is 0 Å². The molecule has 0 saturated carbocycles. The second-order valence-electron chi connectivity index (χ2n) is 4.26. The zero-order chi connectivity index (χ0) is 12.6. The first-order chi connectivity index (χ1) is 8.88. The van der Waals surface area contributed by atoms with Gasteiger partial charge in [-0.1, -0.05) is 54.6 Å². The molecular formula is C16H18O2. The first-order valence-electron chi connectivity index (χ1n) is 6.19. The summed E-state index contributed by atoms with van der Waals surface area (Å²) in [5.41, 5.74) is 3.39. The van der Waals surface area contributed by atoms with Gasteiger partial charge in [-0.05, 0) is 23.1 Å². The summed E-state index contributed by atoms with van der Waals surface area (Å²) < 4.78 is 5.63. The van der Waals surface area contributed by atoms with Crippen LogP contribution in [0.1, 0.15) is 16.7 Å². The Bertz CT molecular complexity index is 448. The lowest BCUT2D eigenvalue weighted by molar-refractivity contribution is 0.124. The minimum Gasteiger partial charge on any atom is -0.392 e. The zero-order valence-corrected chi connectivity index (χ0v) is 10.4. The predicted molar refractivity (Wildman–Crippen MR) is 72.2 cm³/mol. The summed E-state index contributed by atoms with van der Waals surface area (Å²) in [6, 6.07) is 18.2. The molecule has 0 amide bonds. The Morgan fingerprint density at radius 3 is 2.11 bits per heavy atom. The molecule has 1 N–H and O–H groups in total. The molecule has 18 heavy (non-hydrogen) atoms. The summed E-state index contributed by atoms with van der Waals surface area (Å²) in [4.78, 5) is 0. The van der Waals surface area contributed by atoms with Crippen molar-refractivity contribution in [3.8, 4) is 0 Å². The number of ether oxygens (including phenoxy) is 1. The number of hydrogen-bond acceptors (Lipinski definition) is 2. The van der Waals surface area contributed by atoms with E-state index in [2.05, 4.69) is 12.1 Å². The lowest BCUT2D eigenvalue weighted by Gasteiger charge is -2.05. The van der Waals surface area contributed by atoms with E-state index in [1.54, 1.807) is 0 Å².